The van der Waals surface area contributed by atoms with Gasteiger partial charge in [0, 0.05) is 11.0 Å². The van der Waals surface area contributed by atoms with Crippen molar-refractivity contribution in [3.63, 3.8) is 0 Å². The van der Waals surface area contributed by atoms with Crippen LogP contribution in [0.2, 0.25) is 0 Å². The molecule has 0 bridgehead atoms. The molecule has 0 spiro atoms. The molecule has 0 aliphatic rings. The van der Waals surface area contributed by atoms with Crippen LogP contribution in [0.3, 0.4) is 0 Å². The number of carboxylic acid groups (broad SMARTS) is 1. The second-order valence-electron chi connectivity index (χ2n) is 3.85. The average Bonchev–Trinajstić information content (AvgIpc) is 2.30. The lowest BCUT2D eigenvalue weighted by Gasteiger charge is -2.13. The van der Waals surface area contributed by atoms with E-state index in [2.05, 4.69) is 26.6 Å². The summed E-state index contributed by atoms with van der Waals surface area (Å²) in [6.45, 7) is 2.23. The number of aliphatic carboxylic acids is 1. The van der Waals surface area contributed by atoms with E-state index >= 15 is 0 Å². The molecule has 0 aliphatic heterocycles. The zero-order valence-corrected chi connectivity index (χ0v) is 11.7. The number of nitrogens with one attached hydrogen (secondary N) is 2. The molecule has 6 heteroatoms. The number of amides is 1. The maximum absolute atomic E-state index is 11.6. The van der Waals surface area contributed by atoms with Gasteiger partial charge in [-0.15, -0.1) is 0 Å². The number of carboxylic acids is 1. The first-order valence-corrected chi connectivity index (χ1v) is 6.18. The van der Waals surface area contributed by atoms with E-state index < -0.39 is 17.9 Å². The lowest BCUT2D eigenvalue weighted by atomic mass is 10.1. The molecule has 1 aromatic rings. The first-order chi connectivity index (χ1) is 8.45. The Morgan fingerprint density at radius 2 is 2.11 bits per heavy atom. The van der Waals surface area contributed by atoms with Crippen LogP contribution in [0.15, 0.2) is 22.7 Å². The average molecular weight is 315 g/mol. The number of carbonyl (C=O) groups is 2. The van der Waals surface area contributed by atoms with E-state index in [1.807, 2.05) is 25.1 Å². The zero-order chi connectivity index (χ0) is 13.7. The molecule has 0 aliphatic carbocycles. The van der Waals surface area contributed by atoms with E-state index in [0.29, 0.717) is 6.54 Å². The van der Waals surface area contributed by atoms with Crippen LogP contribution in [-0.4, -0.2) is 30.1 Å². The maximum Gasteiger partial charge on any atom is 0.330 e. The molecule has 0 fully saturated rings. The number of carbonyl (C=O) groups excluding carboxylic acids is 1. The first kappa shape index (κ1) is 14.7. The van der Waals surface area contributed by atoms with Crippen molar-refractivity contribution in [3.05, 3.63) is 33.8 Å². The molecule has 1 unspecified atom stereocenters. The number of hydrogen-bond donors (Lipinski definition) is 3. The van der Waals surface area contributed by atoms with Crippen LogP contribution in [0.5, 0.6) is 0 Å². The minimum absolute atomic E-state index is 0.301. The Hall–Kier alpha value is -1.40. The van der Waals surface area contributed by atoms with Gasteiger partial charge in [0.05, 0.1) is 0 Å². The summed E-state index contributed by atoms with van der Waals surface area (Å²) in [6.07, 6.45) is 0. The molecule has 0 saturated heterocycles. The van der Waals surface area contributed by atoms with Crippen molar-refractivity contribution in [2.24, 2.45) is 0 Å². The van der Waals surface area contributed by atoms with E-state index in [1.165, 1.54) is 7.05 Å². The molecular formula is C12H15BrN2O3. The molecule has 1 atom stereocenters. The number of halogens is 1. The van der Waals surface area contributed by atoms with Gasteiger partial charge in [0.1, 0.15) is 0 Å². The SMILES string of the molecule is CNC(C(=O)O)C(=O)NCc1cc(Br)ccc1C. The van der Waals surface area contributed by atoms with Crippen LogP contribution in [0, 0.1) is 6.92 Å². The fraction of sp³-hybridized carbons (Fsp3) is 0.333. The van der Waals surface area contributed by atoms with E-state index in [0.717, 1.165) is 15.6 Å². The number of rotatable bonds is 5. The van der Waals surface area contributed by atoms with Crippen LogP contribution in [0.1, 0.15) is 11.1 Å². The Morgan fingerprint density at radius 1 is 1.44 bits per heavy atom. The largest absolute Gasteiger partial charge is 0.480 e. The van der Waals surface area contributed by atoms with Gasteiger partial charge >= 0.3 is 5.97 Å². The van der Waals surface area contributed by atoms with E-state index in [-0.39, 0.29) is 0 Å². The first-order valence-electron chi connectivity index (χ1n) is 5.38. The third kappa shape index (κ3) is 3.82. The molecule has 0 aromatic heterocycles. The van der Waals surface area contributed by atoms with E-state index in [9.17, 15) is 9.59 Å². The molecule has 1 amide bonds. The van der Waals surface area contributed by atoms with E-state index in [4.69, 9.17) is 5.11 Å². The molecule has 0 radical (unpaired) electrons. The van der Waals surface area contributed by atoms with Gasteiger partial charge in [-0.1, -0.05) is 22.0 Å². The van der Waals surface area contributed by atoms with Gasteiger partial charge in [-0.25, -0.2) is 4.79 Å². The van der Waals surface area contributed by atoms with Crippen molar-refractivity contribution in [3.8, 4) is 0 Å². The summed E-state index contributed by atoms with van der Waals surface area (Å²) in [6, 6.07) is 4.51. The van der Waals surface area contributed by atoms with Gasteiger partial charge in [-0.2, -0.15) is 0 Å². The minimum atomic E-state index is -1.22. The number of benzene rings is 1. The molecule has 1 rings (SSSR count). The highest BCUT2D eigenvalue weighted by Gasteiger charge is 2.23. The third-order valence-electron chi connectivity index (χ3n) is 2.56. The highest BCUT2D eigenvalue weighted by Crippen LogP contribution is 2.15. The molecule has 98 valence electrons. The van der Waals surface area contributed by atoms with Crippen molar-refractivity contribution in [1.82, 2.24) is 10.6 Å². The highest BCUT2D eigenvalue weighted by atomic mass is 79.9. The van der Waals surface area contributed by atoms with Crippen LogP contribution in [0.25, 0.3) is 0 Å². The van der Waals surface area contributed by atoms with E-state index in [1.54, 1.807) is 0 Å². The summed E-state index contributed by atoms with van der Waals surface area (Å²) < 4.78 is 0.917. The van der Waals surface area contributed by atoms with Gasteiger partial charge in [0.2, 0.25) is 5.91 Å². The number of likely N-dealkylation sites (N-methyl/N-ethyl adjacent to an activating group) is 1. The second kappa shape index (κ2) is 6.51. The van der Waals surface area contributed by atoms with Gasteiger partial charge in [0.25, 0.3) is 0 Å². The molecular weight excluding hydrogens is 300 g/mol. The minimum Gasteiger partial charge on any atom is -0.480 e. The van der Waals surface area contributed by atoms with Crippen LogP contribution in [-0.2, 0) is 16.1 Å². The number of hydrogen-bond acceptors (Lipinski definition) is 3. The quantitative estimate of drug-likeness (QED) is 0.710. The lowest BCUT2D eigenvalue weighted by molar-refractivity contribution is -0.143. The Labute approximate surface area is 114 Å². The van der Waals surface area contributed by atoms with Gasteiger partial charge < -0.3 is 10.4 Å². The van der Waals surface area contributed by atoms with Gasteiger partial charge in [0.15, 0.2) is 6.04 Å². The van der Waals surface area contributed by atoms with Crippen LogP contribution < -0.4 is 10.6 Å². The highest BCUT2D eigenvalue weighted by molar-refractivity contribution is 9.10. The third-order valence-corrected chi connectivity index (χ3v) is 3.06. The molecule has 3 N–H and O–H groups in total. The maximum atomic E-state index is 11.6. The summed E-state index contributed by atoms with van der Waals surface area (Å²) in [7, 11) is 1.43. The van der Waals surface area contributed by atoms with Crippen molar-refractivity contribution in [2.75, 3.05) is 7.05 Å². The topological polar surface area (TPSA) is 78.4 Å². The Morgan fingerprint density at radius 3 is 2.67 bits per heavy atom. The predicted octanol–water partition coefficient (Wildman–Crippen LogP) is 1.05. The Balaban J connectivity index is 2.67. The summed E-state index contributed by atoms with van der Waals surface area (Å²) in [4.78, 5) is 22.4. The number of aryl methyl sites for hydroxylation is 1. The molecule has 0 saturated carbocycles. The second-order valence-corrected chi connectivity index (χ2v) is 4.76. The van der Waals surface area contributed by atoms with Crippen molar-refractivity contribution >= 4 is 27.8 Å². The van der Waals surface area contributed by atoms with Crippen molar-refractivity contribution < 1.29 is 14.7 Å². The zero-order valence-electron chi connectivity index (χ0n) is 10.2. The molecule has 0 heterocycles. The fourth-order valence-corrected chi connectivity index (χ4v) is 1.89. The summed E-state index contributed by atoms with van der Waals surface area (Å²) in [5.41, 5.74) is 1.98. The smallest absolute Gasteiger partial charge is 0.330 e. The summed E-state index contributed by atoms with van der Waals surface area (Å²) in [5, 5.41) is 13.8. The summed E-state index contributed by atoms with van der Waals surface area (Å²) >= 11 is 3.35. The Kier molecular flexibility index (Phi) is 5.30. The van der Waals surface area contributed by atoms with Crippen molar-refractivity contribution in [1.29, 1.82) is 0 Å². The normalized spacial score (nSPS) is 11.9. The lowest BCUT2D eigenvalue weighted by Crippen LogP contribution is -2.47. The fourth-order valence-electron chi connectivity index (χ4n) is 1.48. The molecule has 1 aromatic carbocycles. The van der Waals surface area contributed by atoms with Crippen LogP contribution in [0.4, 0.5) is 0 Å². The molecule has 5 nitrogen and oxygen atoms in total. The standard InChI is InChI=1S/C12H15BrN2O3/c1-7-3-4-9(13)5-8(7)6-15-11(16)10(14-2)12(17)18/h3-5,10,14H,6H2,1-2H3,(H,15,16)(H,17,18). The van der Waals surface area contributed by atoms with Gasteiger partial charge in [-0.05, 0) is 37.2 Å². The molecule has 18 heavy (non-hydrogen) atoms. The van der Waals surface area contributed by atoms with Crippen LogP contribution >= 0.6 is 15.9 Å². The van der Waals surface area contributed by atoms with Crippen molar-refractivity contribution in [2.45, 2.75) is 19.5 Å². The Bertz CT molecular complexity index is 463. The predicted molar refractivity (Wildman–Crippen MR) is 71.2 cm³/mol. The van der Waals surface area contributed by atoms with Gasteiger partial charge in [-0.3, -0.25) is 10.1 Å². The monoisotopic (exact) mass is 314 g/mol. The summed E-state index contributed by atoms with van der Waals surface area (Å²) in [5.74, 6) is -1.75.